The normalized spacial score (nSPS) is 11.8. The molecule has 2 amide bonds. The van der Waals surface area contributed by atoms with Crippen molar-refractivity contribution < 1.29 is 14.3 Å². The standard InChI is InChI=1S/C20H28ClN5O3/c1-7-15-23-16(25-26(15)14-11-9-8-10-13(14)21)17(27)24-20(5,6)12-22-18(28)29-19(2,3)4/h8-11H,7,12H2,1-6H3,(H,22,28)(H,24,27). The first-order chi connectivity index (χ1) is 13.4. The first kappa shape index (κ1) is 22.7. The van der Waals surface area contributed by atoms with E-state index >= 15 is 0 Å². The molecular weight excluding hydrogens is 394 g/mol. The van der Waals surface area contributed by atoms with Gasteiger partial charge in [0.1, 0.15) is 11.4 Å². The van der Waals surface area contributed by atoms with E-state index < -0.39 is 23.1 Å². The second-order valence-corrected chi connectivity index (χ2v) is 8.67. The molecule has 0 saturated carbocycles. The quantitative estimate of drug-likeness (QED) is 0.743. The van der Waals surface area contributed by atoms with Crippen LogP contribution in [0, 0.1) is 0 Å². The van der Waals surface area contributed by atoms with Crippen LogP contribution in [0.1, 0.15) is 58.0 Å². The molecule has 0 radical (unpaired) electrons. The average molecular weight is 422 g/mol. The molecule has 158 valence electrons. The summed E-state index contributed by atoms with van der Waals surface area (Å²) in [5.41, 5.74) is -0.678. The van der Waals surface area contributed by atoms with Gasteiger partial charge < -0.3 is 15.4 Å². The van der Waals surface area contributed by atoms with Gasteiger partial charge in [0.2, 0.25) is 5.82 Å². The van der Waals surface area contributed by atoms with Gasteiger partial charge in [0.25, 0.3) is 5.91 Å². The topological polar surface area (TPSA) is 98.1 Å². The number of aromatic nitrogens is 3. The van der Waals surface area contributed by atoms with Crippen molar-refractivity contribution in [3.05, 3.63) is 40.9 Å². The summed E-state index contributed by atoms with van der Waals surface area (Å²) in [6.45, 7) is 11.0. The number of aryl methyl sites for hydroxylation is 1. The van der Waals surface area contributed by atoms with Crippen molar-refractivity contribution in [2.24, 2.45) is 0 Å². The van der Waals surface area contributed by atoms with E-state index in [0.29, 0.717) is 23.0 Å². The number of rotatable bonds is 6. The van der Waals surface area contributed by atoms with Crippen molar-refractivity contribution in [2.45, 2.75) is 59.1 Å². The van der Waals surface area contributed by atoms with Crippen LogP contribution in [0.25, 0.3) is 5.69 Å². The Balaban J connectivity index is 2.10. The van der Waals surface area contributed by atoms with Crippen LogP contribution < -0.4 is 10.6 Å². The summed E-state index contributed by atoms with van der Waals surface area (Å²) in [4.78, 5) is 28.9. The first-order valence-electron chi connectivity index (χ1n) is 9.42. The van der Waals surface area contributed by atoms with E-state index in [-0.39, 0.29) is 12.4 Å². The van der Waals surface area contributed by atoms with E-state index in [0.717, 1.165) is 0 Å². The van der Waals surface area contributed by atoms with Gasteiger partial charge in [-0.25, -0.2) is 14.5 Å². The number of carbonyl (C=O) groups excluding carboxylic acids is 2. The van der Waals surface area contributed by atoms with Gasteiger partial charge in [-0.15, -0.1) is 5.10 Å². The maximum absolute atomic E-state index is 12.7. The molecule has 9 heteroatoms. The second kappa shape index (κ2) is 8.82. The van der Waals surface area contributed by atoms with Crippen LogP contribution in [0.4, 0.5) is 4.79 Å². The number of nitrogens with one attached hydrogen (secondary N) is 2. The zero-order valence-electron chi connectivity index (χ0n) is 17.7. The fourth-order valence-corrected chi connectivity index (χ4v) is 2.72. The molecule has 0 unspecified atom stereocenters. The van der Waals surface area contributed by atoms with Crippen LogP contribution in [0.15, 0.2) is 24.3 Å². The molecule has 1 aromatic heterocycles. The van der Waals surface area contributed by atoms with E-state index in [1.807, 2.05) is 25.1 Å². The number of halogens is 1. The van der Waals surface area contributed by atoms with Crippen LogP contribution in [-0.2, 0) is 11.2 Å². The lowest BCUT2D eigenvalue weighted by molar-refractivity contribution is 0.0509. The highest BCUT2D eigenvalue weighted by molar-refractivity contribution is 6.32. The second-order valence-electron chi connectivity index (χ2n) is 8.26. The summed E-state index contributed by atoms with van der Waals surface area (Å²) in [5, 5.41) is 10.4. The summed E-state index contributed by atoms with van der Waals surface area (Å²) >= 11 is 6.26. The van der Waals surface area contributed by atoms with E-state index in [1.54, 1.807) is 45.4 Å². The first-order valence-corrected chi connectivity index (χ1v) is 9.80. The van der Waals surface area contributed by atoms with Crippen molar-refractivity contribution >= 4 is 23.6 Å². The number of ether oxygens (including phenoxy) is 1. The largest absolute Gasteiger partial charge is 0.444 e. The van der Waals surface area contributed by atoms with Gasteiger partial charge in [-0.2, -0.15) is 0 Å². The molecule has 1 heterocycles. The molecule has 0 fully saturated rings. The SMILES string of the molecule is CCc1nc(C(=O)NC(C)(C)CNC(=O)OC(C)(C)C)nn1-c1ccccc1Cl. The Kier molecular flexibility index (Phi) is 6.89. The molecule has 2 N–H and O–H groups in total. The summed E-state index contributed by atoms with van der Waals surface area (Å²) in [6.07, 6.45) is 0.0314. The van der Waals surface area contributed by atoms with Crippen LogP contribution in [0.2, 0.25) is 5.02 Å². The van der Waals surface area contributed by atoms with Gasteiger partial charge in [0.05, 0.1) is 16.2 Å². The average Bonchev–Trinajstić information content (AvgIpc) is 3.03. The lowest BCUT2D eigenvalue weighted by Crippen LogP contribution is -2.52. The van der Waals surface area contributed by atoms with Gasteiger partial charge in [-0.1, -0.05) is 30.7 Å². The van der Waals surface area contributed by atoms with Crippen molar-refractivity contribution in [1.82, 2.24) is 25.4 Å². The third-order valence-corrected chi connectivity index (χ3v) is 4.12. The highest BCUT2D eigenvalue weighted by Crippen LogP contribution is 2.20. The minimum atomic E-state index is -0.740. The number of para-hydroxylation sites is 1. The van der Waals surface area contributed by atoms with E-state index in [4.69, 9.17) is 16.3 Å². The number of benzene rings is 1. The third-order valence-electron chi connectivity index (χ3n) is 3.80. The van der Waals surface area contributed by atoms with Gasteiger partial charge in [0.15, 0.2) is 0 Å². The smallest absolute Gasteiger partial charge is 0.407 e. The van der Waals surface area contributed by atoms with Crippen LogP contribution in [0.3, 0.4) is 0 Å². The molecule has 0 spiro atoms. The number of amides is 2. The van der Waals surface area contributed by atoms with Crippen molar-refractivity contribution in [3.8, 4) is 5.69 Å². The molecular formula is C20H28ClN5O3. The van der Waals surface area contributed by atoms with Crippen LogP contribution in [0.5, 0.6) is 0 Å². The van der Waals surface area contributed by atoms with Gasteiger partial charge in [-0.05, 0) is 46.8 Å². The van der Waals surface area contributed by atoms with Gasteiger partial charge >= 0.3 is 6.09 Å². The number of nitrogens with zero attached hydrogens (tertiary/aromatic N) is 3. The molecule has 0 atom stereocenters. The van der Waals surface area contributed by atoms with E-state index in [9.17, 15) is 9.59 Å². The third kappa shape index (κ3) is 6.45. The number of hydrogen-bond donors (Lipinski definition) is 2. The zero-order chi connectivity index (χ0) is 21.8. The molecule has 0 aliphatic rings. The molecule has 0 saturated heterocycles. The molecule has 29 heavy (non-hydrogen) atoms. The molecule has 1 aromatic carbocycles. The Morgan fingerprint density at radius 2 is 1.83 bits per heavy atom. The lowest BCUT2D eigenvalue weighted by Gasteiger charge is -2.27. The highest BCUT2D eigenvalue weighted by Gasteiger charge is 2.26. The number of carbonyl (C=O) groups is 2. The fraction of sp³-hybridized carbons (Fsp3) is 0.500. The molecule has 0 aliphatic carbocycles. The summed E-state index contributed by atoms with van der Waals surface area (Å²) < 4.78 is 6.79. The minimum absolute atomic E-state index is 0.0344. The molecule has 8 nitrogen and oxygen atoms in total. The maximum atomic E-state index is 12.7. The van der Waals surface area contributed by atoms with Crippen molar-refractivity contribution in [2.75, 3.05) is 6.54 Å². The van der Waals surface area contributed by atoms with Crippen molar-refractivity contribution in [3.63, 3.8) is 0 Å². The summed E-state index contributed by atoms with van der Waals surface area (Å²) in [5.74, 6) is 0.210. The Morgan fingerprint density at radius 3 is 2.41 bits per heavy atom. The summed E-state index contributed by atoms with van der Waals surface area (Å²) in [7, 11) is 0. The lowest BCUT2D eigenvalue weighted by atomic mass is 10.1. The monoisotopic (exact) mass is 421 g/mol. The molecule has 0 bridgehead atoms. The summed E-state index contributed by atoms with van der Waals surface area (Å²) in [6, 6.07) is 7.23. The van der Waals surface area contributed by atoms with Crippen LogP contribution >= 0.6 is 11.6 Å². The zero-order valence-corrected chi connectivity index (χ0v) is 18.4. The predicted octanol–water partition coefficient (Wildman–Crippen LogP) is 3.52. The fourth-order valence-electron chi connectivity index (χ4n) is 2.50. The van der Waals surface area contributed by atoms with Gasteiger partial charge in [0, 0.05) is 13.0 Å². The Hall–Kier alpha value is -2.61. The van der Waals surface area contributed by atoms with Gasteiger partial charge in [-0.3, -0.25) is 4.79 Å². The Morgan fingerprint density at radius 1 is 1.17 bits per heavy atom. The molecule has 0 aliphatic heterocycles. The molecule has 2 rings (SSSR count). The minimum Gasteiger partial charge on any atom is -0.444 e. The molecule has 2 aromatic rings. The Labute approximate surface area is 176 Å². The predicted molar refractivity (Wildman–Crippen MR) is 112 cm³/mol. The van der Waals surface area contributed by atoms with E-state index in [1.165, 1.54) is 0 Å². The highest BCUT2D eigenvalue weighted by atomic mass is 35.5. The Bertz CT molecular complexity index is 886. The maximum Gasteiger partial charge on any atom is 0.407 e. The van der Waals surface area contributed by atoms with E-state index in [2.05, 4.69) is 20.7 Å². The van der Waals surface area contributed by atoms with Crippen molar-refractivity contribution in [1.29, 1.82) is 0 Å². The number of alkyl carbamates (subject to hydrolysis) is 1. The number of hydrogen-bond acceptors (Lipinski definition) is 5. The van der Waals surface area contributed by atoms with Crippen LogP contribution in [-0.4, -0.2) is 44.4 Å².